The monoisotopic (exact) mass is 398 g/mol. The number of benzene rings is 1. The predicted octanol–water partition coefficient (Wildman–Crippen LogP) is 2.49. The maximum absolute atomic E-state index is 12.9. The third-order valence-corrected chi connectivity index (χ3v) is 6.66. The molecular weight excluding hydrogens is 376 g/mol. The van der Waals surface area contributed by atoms with Crippen LogP contribution in [0.3, 0.4) is 0 Å². The molecule has 3 heterocycles. The molecule has 1 saturated carbocycles. The van der Waals surface area contributed by atoms with Gasteiger partial charge in [-0.25, -0.2) is 0 Å². The number of hydrogen-bond acceptors (Lipinski definition) is 5. The van der Waals surface area contributed by atoms with Crippen molar-refractivity contribution in [1.82, 2.24) is 9.80 Å². The quantitative estimate of drug-likeness (QED) is 0.794. The van der Waals surface area contributed by atoms with Crippen molar-refractivity contribution in [2.45, 2.75) is 18.8 Å². The van der Waals surface area contributed by atoms with Crippen LogP contribution in [0.15, 0.2) is 35.7 Å². The number of piperazine rings is 1. The number of fused-ring (bicyclic) bond motifs is 1. The number of hydrogen-bond donors (Lipinski definition) is 0. The van der Waals surface area contributed by atoms with Gasteiger partial charge in [-0.1, -0.05) is 12.1 Å². The van der Waals surface area contributed by atoms with E-state index in [2.05, 4.69) is 0 Å². The molecule has 1 aromatic carbocycles. The summed E-state index contributed by atoms with van der Waals surface area (Å²) >= 11 is 1.61. The third-order valence-electron chi connectivity index (χ3n) is 5.78. The fraction of sp³-hybridized carbons (Fsp3) is 0.429. The van der Waals surface area contributed by atoms with Gasteiger partial charge in [0.15, 0.2) is 11.5 Å². The lowest BCUT2D eigenvalue weighted by Gasteiger charge is -2.35. The van der Waals surface area contributed by atoms with Crippen LogP contribution in [0.5, 0.6) is 11.5 Å². The van der Waals surface area contributed by atoms with Crippen LogP contribution in [0, 0.1) is 5.92 Å². The summed E-state index contributed by atoms with van der Waals surface area (Å²) < 4.78 is 10.8. The van der Waals surface area contributed by atoms with E-state index in [4.69, 9.17) is 9.47 Å². The van der Waals surface area contributed by atoms with Gasteiger partial charge < -0.3 is 19.3 Å². The van der Waals surface area contributed by atoms with Crippen molar-refractivity contribution in [2.24, 2.45) is 5.92 Å². The van der Waals surface area contributed by atoms with Crippen molar-refractivity contribution in [2.75, 3.05) is 33.0 Å². The highest BCUT2D eigenvalue weighted by atomic mass is 32.1. The van der Waals surface area contributed by atoms with Crippen LogP contribution >= 0.6 is 11.3 Å². The Morgan fingerprint density at radius 3 is 2.61 bits per heavy atom. The minimum Gasteiger partial charge on any atom is -0.454 e. The average molecular weight is 398 g/mol. The molecule has 2 aliphatic heterocycles. The lowest BCUT2D eigenvalue weighted by Crippen LogP contribution is -2.51. The van der Waals surface area contributed by atoms with Crippen LogP contribution in [0.4, 0.5) is 0 Å². The summed E-state index contributed by atoms with van der Waals surface area (Å²) in [6.07, 6.45) is 1.34. The van der Waals surface area contributed by atoms with Crippen molar-refractivity contribution in [3.05, 3.63) is 46.2 Å². The first-order chi connectivity index (χ1) is 13.7. The van der Waals surface area contributed by atoms with Crippen LogP contribution < -0.4 is 9.47 Å². The molecule has 2 unspecified atom stereocenters. The molecule has 0 spiro atoms. The normalized spacial score (nSPS) is 23.0. The lowest BCUT2D eigenvalue weighted by atomic mass is 10.1. The average Bonchev–Trinajstić information content (AvgIpc) is 3.11. The highest BCUT2D eigenvalue weighted by Gasteiger charge is 2.46. The molecule has 2 fully saturated rings. The molecule has 146 valence electrons. The smallest absolute Gasteiger partial charge is 0.231 e. The first-order valence-electron chi connectivity index (χ1n) is 9.67. The van der Waals surface area contributed by atoms with Gasteiger partial charge in [-0.15, -0.1) is 11.3 Å². The van der Waals surface area contributed by atoms with E-state index < -0.39 is 0 Å². The van der Waals surface area contributed by atoms with E-state index >= 15 is 0 Å². The number of amides is 2. The van der Waals surface area contributed by atoms with E-state index in [0.29, 0.717) is 32.6 Å². The number of rotatable bonds is 4. The van der Waals surface area contributed by atoms with Crippen LogP contribution in [0.1, 0.15) is 22.8 Å². The van der Waals surface area contributed by atoms with Crippen molar-refractivity contribution < 1.29 is 19.1 Å². The summed E-state index contributed by atoms with van der Waals surface area (Å²) in [4.78, 5) is 30.2. The minimum atomic E-state index is 0.0498. The van der Waals surface area contributed by atoms with Gasteiger partial charge in [-0.05, 0) is 41.5 Å². The summed E-state index contributed by atoms with van der Waals surface area (Å²) in [5.41, 5.74) is 1.15. The van der Waals surface area contributed by atoms with Gasteiger partial charge in [-0.2, -0.15) is 0 Å². The van der Waals surface area contributed by atoms with E-state index in [1.165, 1.54) is 0 Å². The molecule has 1 saturated heterocycles. The molecule has 5 rings (SSSR count). The maximum Gasteiger partial charge on any atom is 0.231 e. The van der Waals surface area contributed by atoms with Crippen LogP contribution in [-0.2, 0) is 16.0 Å². The zero-order valence-electron chi connectivity index (χ0n) is 15.5. The van der Waals surface area contributed by atoms with Crippen LogP contribution in [-0.4, -0.2) is 54.6 Å². The van der Waals surface area contributed by atoms with Crippen LogP contribution in [0.2, 0.25) is 0 Å². The summed E-state index contributed by atoms with van der Waals surface area (Å²) in [6.45, 7) is 2.76. The molecule has 0 bridgehead atoms. The Kier molecular flexibility index (Phi) is 4.47. The molecule has 28 heavy (non-hydrogen) atoms. The number of carbonyl (C=O) groups is 2. The first-order valence-corrected chi connectivity index (χ1v) is 10.6. The van der Waals surface area contributed by atoms with Gasteiger partial charge in [-0.3, -0.25) is 9.59 Å². The van der Waals surface area contributed by atoms with E-state index in [1.807, 2.05) is 45.5 Å². The minimum absolute atomic E-state index is 0.0498. The summed E-state index contributed by atoms with van der Waals surface area (Å²) in [6, 6.07) is 9.92. The van der Waals surface area contributed by atoms with Crippen molar-refractivity contribution in [1.29, 1.82) is 0 Å². The zero-order chi connectivity index (χ0) is 19.1. The summed E-state index contributed by atoms with van der Waals surface area (Å²) in [7, 11) is 0. The van der Waals surface area contributed by atoms with Gasteiger partial charge in [0.05, 0.1) is 6.42 Å². The molecule has 0 N–H and O–H groups in total. The van der Waals surface area contributed by atoms with Gasteiger partial charge >= 0.3 is 0 Å². The van der Waals surface area contributed by atoms with E-state index in [1.54, 1.807) is 11.3 Å². The Hall–Kier alpha value is -2.54. The van der Waals surface area contributed by atoms with Gasteiger partial charge in [0.1, 0.15) is 0 Å². The standard InChI is InChI=1S/C21H22N2O4S/c24-20(11-15-2-1-9-28-15)22-5-7-23(8-6-22)21(25)17-12-16(17)14-3-4-18-19(10-14)27-13-26-18/h1-4,9-10,16-17H,5-8,11-13H2. The second-order valence-electron chi connectivity index (χ2n) is 7.52. The van der Waals surface area contributed by atoms with E-state index in [0.717, 1.165) is 28.4 Å². The molecule has 3 aliphatic rings. The fourth-order valence-electron chi connectivity index (χ4n) is 4.06. The Morgan fingerprint density at radius 1 is 1.04 bits per heavy atom. The zero-order valence-corrected chi connectivity index (χ0v) is 16.3. The molecule has 7 heteroatoms. The number of ether oxygens (including phenoxy) is 2. The van der Waals surface area contributed by atoms with Crippen molar-refractivity contribution >= 4 is 23.2 Å². The number of thiophene rings is 1. The van der Waals surface area contributed by atoms with Crippen molar-refractivity contribution in [3.8, 4) is 11.5 Å². The Labute approximate surface area is 167 Å². The van der Waals surface area contributed by atoms with Gasteiger partial charge in [0.25, 0.3) is 0 Å². The number of nitrogens with zero attached hydrogens (tertiary/aromatic N) is 2. The molecule has 6 nitrogen and oxygen atoms in total. The highest BCUT2D eigenvalue weighted by Crippen LogP contribution is 2.50. The second kappa shape index (κ2) is 7.13. The molecule has 0 radical (unpaired) electrons. The Balaban J connectivity index is 1.14. The fourth-order valence-corrected chi connectivity index (χ4v) is 4.76. The van der Waals surface area contributed by atoms with E-state index in [-0.39, 0.29) is 30.4 Å². The van der Waals surface area contributed by atoms with E-state index in [9.17, 15) is 9.59 Å². The molecule has 2 atom stereocenters. The number of carbonyl (C=O) groups excluding carboxylic acids is 2. The van der Waals surface area contributed by atoms with Gasteiger partial charge in [0, 0.05) is 37.0 Å². The van der Waals surface area contributed by atoms with Gasteiger partial charge in [0.2, 0.25) is 18.6 Å². The Bertz CT molecular complexity index is 890. The van der Waals surface area contributed by atoms with Crippen molar-refractivity contribution in [3.63, 3.8) is 0 Å². The first kappa shape index (κ1) is 17.6. The third kappa shape index (κ3) is 3.35. The molecule has 1 aliphatic carbocycles. The predicted molar refractivity (Wildman–Crippen MR) is 105 cm³/mol. The molecule has 1 aromatic heterocycles. The lowest BCUT2D eigenvalue weighted by molar-refractivity contribution is -0.140. The Morgan fingerprint density at radius 2 is 1.82 bits per heavy atom. The maximum atomic E-state index is 12.9. The second-order valence-corrected chi connectivity index (χ2v) is 8.56. The summed E-state index contributed by atoms with van der Waals surface area (Å²) in [5, 5.41) is 1.99. The largest absolute Gasteiger partial charge is 0.454 e. The molecule has 2 aromatic rings. The topological polar surface area (TPSA) is 59.1 Å². The SMILES string of the molecule is O=C(Cc1cccs1)N1CCN(C(=O)C2CC2c2ccc3c(c2)OCO3)CC1. The summed E-state index contributed by atoms with van der Waals surface area (Å²) in [5.74, 6) is 2.23. The highest BCUT2D eigenvalue weighted by molar-refractivity contribution is 7.10. The van der Waals surface area contributed by atoms with Crippen LogP contribution in [0.25, 0.3) is 0 Å². The molecule has 2 amide bonds. The molecular formula is C21H22N2O4S.